The van der Waals surface area contributed by atoms with Gasteiger partial charge in [-0.1, -0.05) is 18.2 Å². The number of carbonyl (C=O) groups is 2. The van der Waals surface area contributed by atoms with Crippen LogP contribution in [0.3, 0.4) is 0 Å². The monoisotopic (exact) mass is 293 g/mol. The van der Waals surface area contributed by atoms with Gasteiger partial charge in [0.2, 0.25) is 5.91 Å². The quantitative estimate of drug-likeness (QED) is 0.708. The molecule has 0 spiro atoms. The van der Waals surface area contributed by atoms with Gasteiger partial charge in [-0.3, -0.25) is 4.79 Å². The van der Waals surface area contributed by atoms with Crippen LogP contribution in [0, 0.1) is 0 Å². The van der Waals surface area contributed by atoms with Gasteiger partial charge in [0, 0.05) is 33.6 Å². The first kappa shape index (κ1) is 16.8. The average Bonchev–Trinajstić information content (AvgIpc) is 2.49. The molecule has 0 heterocycles. The molecule has 2 N–H and O–H groups in total. The van der Waals surface area contributed by atoms with E-state index < -0.39 is 0 Å². The Hall–Kier alpha value is -2.24. The molecule has 1 aromatic carbocycles. The molecule has 0 saturated carbocycles. The Bertz CT molecular complexity index is 435. The SMILES string of the molecule is CN(C)C(=O)NCCNC(=O)CCCOc1ccccc1. The Morgan fingerprint density at radius 2 is 1.76 bits per heavy atom. The molecule has 6 nitrogen and oxygen atoms in total. The molecule has 0 fully saturated rings. The van der Waals surface area contributed by atoms with E-state index in [-0.39, 0.29) is 11.9 Å². The van der Waals surface area contributed by atoms with Crippen molar-refractivity contribution in [3.63, 3.8) is 0 Å². The maximum Gasteiger partial charge on any atom is 0.316 e. The molecule has 0 radical (unpaired) electrons. The first-order chi connectivity index (χ1) is 10.1. The molecule has 116 valence electrons. The zero-order valence-corrected chi connectivity index (χ0v) is 12.6. The minimum Gasteiger partial charge on any atom is -0.494 e. The minimum atomic E-state index is -0.166. The zero-order chi connectivity index (χ0) is 15.5. The third kappa shape index (κ3) is 7.81. The standard InChI is InChI=1S/C15H23N3O3/c1-18(2)15(20)17-11-10-16-14(19)9-6-12-21-13-7-4-3-5-8-13/h3-5,7-8H,6,9-12H2,1-2H3,(H,16,19)(H,17,20). The van der Waals surface area contributed by atoms with Crippen molar-refractivity contribution in [3.8, 4) is 5.75 Å². The van der Waals surface area contributed by atoms with Crippen molar-refractivity contribution in [2.45, 2.75) is 12.8 Å². The number of hydrogen-bond acceptors (Lipinski definition) is 3. The Morgan fingerprint density at radius 1 is 1.10 bits per heavy atom. The molecule has 0 saturated heterocycles. The molecular weight excluding hydrogens is 270 g/mol. The number of hydrogen-bond donors (Lipinski definition) is 2. The van der Waals surface area contributed by atoms with Crippen molar-refractivity contribution in [2.75, 3.05) is 33.8 Å². The van der Waals surface area contributed by atoms with E-state index >= 15 is 0 Å². The van der Waals surface area contributed by atoms with Gasteiger partial charge in [-0.15, -0.1) is 0 Å². The molecule has 0 bridgehead atoms. The fourth-order valence-corrected chi connectivity index (χ4v) is 1.56. The van der Waals surface area contributed by atoms with E-state index in [9.17, 15) is 9.59 Å². The molecule has 21 heavy (non-hydrogen) atoms. The lowest BCUT2D eigenvalue weighted by Gasteiger charge is -2.12. The van der Waals surface area contributed by atoms with E-state index in [1.54, 1.807) is 14.1 Å². The summed E-state index contributed by atoms with van der Waals surface area (Å²) in [6.07, 6.45) is 1.07. The van der Waals surface area contributed by atoms with E-state index in [1.165, 1.54) is 4.90 Å². The predicted octanol–water partition coefficient (Wildman–Crippen LogP) is 1.23. The second-order valence-corrected chi connectivity index (χ2v) is 4.74. The summed E-state index contributed by atoms with van der Waals surface area (Å²) in [5.74, 6) is 0.773. The van der Waals surface area contributed by atoms with Crippen LogP contribution in [0.25, 0.3) is 0 Å². The summed E-state index contributed by atoms with van der Waals surface area (Å²) in [5.41, 5.74) is 0. The summed E-state index contributed by atoms with van der Waals surface area (Å²) in [6, 6.07) is 9.34. The number of para-hydroxylation sites is 1. The van der Waals surface area contributed by atoms with Gasteiger partial charge in [-0.05, 0) is 18.6 Å². The van der Waals surface area contributed by atoms with E-state index in [1.807, 2.05) is 30.3 Å². The molecule has 0 atom stereocenters. The van der Waals surface area contributed by atoms with Crippen LogP contribution in [-0.4, -0.2) is 50.6 Å². The maximum atomic E-state index is 11.5. The smallest absolute Gasteiger partial charge is 0.316 e. The number of nitrogens with zero attached hydrogens (tertiary/aromatic N) is 1. The second-order valence-electron chi connectivity index (χ2n) is 4.74. The molecule has 0 aliphatic rings. The highest BCUT2D eigenvalue weighted by molar-refractivity contribution is 5.76. The number of ether oxygens (including phenoxy) is 1. The number of amides is 3. The van der Waals surface area contributed by atoms with Crippen LogP contribution < -0.4 is 15.4 Å². The van der Waals surface area contributed by atoms with Crippen LogP contribution in [0.2, 0.25) is 0 Å². The van der Waals surface area contributed by atoms with Crippen molar-refractivity contribution in [1.82, 2.24) is 15.5 Å². The van der Waals surface area contributed by atoms with Gasteiger partial charge in [0.15, 0.2) is 0 Å². The van der Waals surface area contributed by atoms with Crippen LogP contribution in [0.4, 0.5) is 4.79 Å². The normalized spacial score (nSPS) is 9.81. The van der Waals surface area contributed by atoms with Crippen LogP contribution in [0.1, 0.15) is 12.8 Å². The lowest BCUT2D eigenvalue weighted by atomic mass is 10.3. The number of urea groups is 1. The largest absolute Gasteiger partial charge is 0.494 e. The van der Waals surface area contributed by atoms with Crippen molar-refractivity contribution in [1.29, 1.82) is 0 Å². The fourth-order valence-electron chi connectivity index (χ4n) is 1.56. The van der Waals surface area contributed by atoms with Crippen molar-refractivity contribution in [2.24, 2.45) is 0 Å². The van der Waals surface area contributed by atoms with Crippen LogP contribution >= 0.6 is 0 Å². The van der Waals surface area contributed by atoms with Crippen LogP contribution in [0.15, 0.2) is 30.3 Å². The molecule has 3 amide bonds. The van der Waals surface area contributed by atoms with Crippen molar-refractivity contribution < 1.29 is 14.3 Å². The summed E-state index contributed by atoms with van der Waals surface area (Å²) in [4.78, 5) is 24.2. The highest BCUT2D eigenvalue weighted by Gasteiger charge is 2.03. The number of carbonyl (C=O) groups excluding carboxylic acids is 2. The summed E-state index contributed by atoms with van der Waals surface area (Å²) in [6.45, 7) is 1.36. The van der Waals surface area contributed by atoms with Crippen LogP contribution in [0.5, 0.6) is 5.75 Å². The zero-order valence-electron chi connectivity index (χ0n) is 12.6. The lowest BCUT2D eigenvalue weighted by molar-refractivity contribution is -0.121. The lowest BCUT2D eigenvalue weighted by Crippen LogP contribution is -2.39. The van der Waals surface area contributed by atoms with Crippen LogP contribution in [-0.2, 0) is 4.79 Å². The topological polar surface area (TPSA) is 70.7 Å². The highest BCUT2D eigenvalue weighted by atomic mass is 16.5. The third-order valence-corrected chi connectivity index (χ3v) is 2.69. The summed E-state index contributed by atoms with van der Waals surface area (Å²) >= 11 is 0. The van der Waals surface area contributed by atoms with E-state index in [0.717, 1.165) is 5.75 Å². The maximum absolute atomic E-state index is 11.5. The van der Waals surface area contributed by atoms with Crippen molar-refractivity contribution in [3.05, 3.63) is 30.3 Å². The van der Waals surface area contributed by atoms with E-state index in [0.29, 0.717) is 32.5 Å². The van der Waals surface area contributed by atoms with Gasteiger partial charge in [0.25, 0.3) is 0 Å². The molecule has 0 aliphatic carbocycles. The first-order valence-corrected chi connectivity index (χ1v) is 6.99. The number of rotatable bonds is 8. The van der Waals surface area contributed by atoms with Gasteiger partial charge < -0.3 is 20.3 Å². The Labute approximate surface area is 125 Å². The Morgan fingerprint density at radius 3 is 2.43 bits per heavy atom. The third-order valence-electron chi connectivity index (χ3n) is 2.69. The molecule has 0 aliphatic heterocycles. The van der Waals surface area contributed by atoms with Gasteiger partial charge in [-0.25, -0.2) is 4.79 Å². The molecule has 0 unspecified atom stereocenters. The number of benzene rings is 1. The van der Waals surface area contributed by atoms with E-state index in [4.69, 9.17) is 4.74 Å². The molecular formula is C15H23N3O3. The number of nitrogens with one attached hydrogen (secondary N) is 2. The van der Waals surface area contributed by atoms with Crippen molar-refractivity contribution >= 4 is 11.9 Å². The average molecular weight is 293 g/mol. The highest BCUT2D eigenvalue weighted by Crippen LogP contribution is 2.08. The molecule has 0 aromatic heterocycles. The Kier molecular flexibility index (Phi) is 7.71. The first-order valence-electron chi connectivity index (χ1n) is 6.99. The molecule has 6 heteroatoms. The van der Waals surface area contributed by atoms with Gasteiger partial charge in [-0.2, -0.15) is 0 Å². The summed E-state index contributed by atoms with van der Waals surface area (Å²) in [7, 11) is 3.33. The van der Waals surface area contributed by atoms with Gasteiger partial charge in [0.1, 0.15) is 5.75 Å². The molecule has 1 aromatic rings. The Balaban J connectivity index is 2.00. The fraction of sp³-hybridized carbons (Fsp3) is 0.467. The second kappa shape index (κ2) is 9.63. The van der Waals surface area contributed by atoms with E-state index in [2.05, 4.69) is 10.6 Å². The predicted molar refractivity (Wildman–Crippen MR) is 81.3 cm³/mol. The summed E-state index contributed by atoms with van der Waals surface area (Å²) in [5, 5.41) is 5.42. The summed E-state index contributed by atoms with van der Waals surface area (Å²) < 4.78 is 5.50. The van der Waals surface area contributed by atoms with Gasteiger partial charge >= 0.3 is 6.03 Å². The van der Waals surface area contributed by atoms with Gasteiger partial charge in [0.05, 0.1) is 6.61 Å². The molecule has 1 rings (SSSR count). The minimum absolute atomic E-state index is 0.0363.